The quantitative estimate of drug-likeness (QED) is 0.848. The van der Waals surface area contributed by atoms with E-state index in [9.17, 15) is 18.3 Å². The highest BCUT2D eigenvalue weighted by Gasteiger charge is 2.38. The summed E-state index contributed by atoms with van der Waals surface area (Å²) >= 11 is 0. The maximum atomic E-state index is 12.8. The third kappa shape index (κ3) is 2.04. The molecule has 0 saturated heterocycles. The number of nitrogens with zero attached hydrogens (tertiary/aromatic N) is 3. The van der Waals surface area contributed by atoms with E-state index in [-0.39, 0.29) is 11.2 Å². The smallest absolute Gasteiger partial charge is 0.385 e. The Labute approximate surface area is 100 Å². The fraction of sp³-hybridized carbons (Fsp3) is 0.400. The Morgan fingerprint density at radius 2 is 2.11 bits per heavy atom. The molecular formula is C10H11F3N4O. The zero-order valence-corrected chi connectivity index (χ0v) is 9.39. The molecule has 2 atom stereocenters. The minimum atomic E-state index is -4.61. The summed E-state index contributed by atoms with van der Waals surface area (Å²) in [6.45, 7) is 1.49. The summed E-state index contributed by atoms with van der Waals surface area (Å²) in [7, 11) is 0. The van der Waals surface area contributed by atoms with Gasteiger partial charge in [0.2, 0.25) is 5.82 Å². The number of nitrogens with two attached hydrogens (primary N) is 1. The Hall–Kier alpha value is -1.67. The minimum absolute atomic E-state index is 0.0922. The molecule has 2 aromatic heterocycles. The SMILES string of the molecule is CC(N)C(O)c1nc(C(F)(F)F)n2ccncc12. The molecule has 0 aliphatic heterocycles. The van der Waals surface area contributed by atoms with Crippen molar-refractivity contribution in [1.82, 2.24) is 14.4 Å². The van der Waals surface area contributed by atoms with Crippen LogP contribution in [0.2, 0.25) is 0 Å². The van der Waals surface area contributed by atoms with Gasteiger partial charge in [-0.1, -0.05) is 0 Å². The van der Waals surface area contributed by atoms with E-state index < -0.39 is 24.1 Å². The minimum Gasteiger partial charge on any atom is -0.385 e. The van der Waals surface area contributed by atoms with Crippen molar-refractivity contribution < 1.29 is 18.3 Å². The lowest BCUT2D eigenvalue weighted by molar-refractivity contribution is -0.145. The summed E-state index contributed by atoms with van der Waals surface area (Å²) in [5.74, 6) is -1.10. The van der Waals surface area contributed by atoms with E-state index in [2.05, 4.69) is 9.97 Å². The summed E-state index contributed by atoms with van der Waals surface area (Å²) in [6.07, 6.45) is -2.32. The van der Waals surface area contributed by atoms with E-state index in [0.717, 1.165) is 10.6 Å². The largest absolute Gasteiger partial charge is 0.450 e. The molecule has 0 aliphatic rings. The van der Waals surface area contributed by atoms with E-state index in [1.807, 2.05) is 0 Å². The molecular weight excluding hydrogens is 249 g/mol. The average Bonchev–Trinajstić information content (AvgIpc) is 2.66. The maximum absolute atomic E-state index is 12.8. The second-order valence-electron chi connectivity index (χ2n) is 3.95. The molecule has 0 radical (unpaired) electrons. The van der Waals surface area contributed by atoms with E-state index in [4.69, 9.17) is 5.73 Å². The maximum Gasteiger partial charge on any atom is 0.450 e. The van der Waals surface area contributed by atoms with Gasteiger partial charge in [-0.25, -0.2) is 4.98 Å². The molecule has 5 nitrogen and oxygen atoms in total. The summed E-state index contributed by atoms with van der Waals surface area (Å²) in [4.78, 5) is 7.18. The van der Waals surface area contributed by atoms with Crippen molar-refractivity contribution in [3.05, 3.63) is 30.1 Å². The van der Waals surface area contributed by atoms with Gasteiger partial charge in [-0.3, -0.25) is 9.38 Å². The van der Waals surface area contributed by atoms with Crippen molar-refractivity contribution in [3.63, 3.8) is 0 Å². The number of fused-ring (bicyclic) bond motifs is 1. The predicted molar refractivity (Wildman–Crippen MR) is 56.6 cm³/mol. The first-order valence-electron chi connectivity index (χ1n) is 5.15. The summed E-state index contributed by atoms with van der Waals surface area (Å²) in [5.41, 5.74) is 5.45. The Bertz CT molecular complexity index is 564. The zero-order chi connectivity index (χ0) is 13.5. The van der Waals surface area contributed by atoms with Gasteiger partial charge in [0.15, 0.2) is 0 Å². The van der Waals surface area contributed by atoms with Crippen LogP contribution in [0.4, 0.5) is 13.2 Å². The fourth-order valence-electron chi connectivity index (χ4n) is 1.63. The molecule has 2 rings (SSSR count). The number of aliphatic hydroxyl groups is 1. The van der Waals surface area contributed by atoms with Crippen LogP contribution in [0, 0.1) is 0 Å². The van der Waals surface area contributed by atoms with E-state index in [1.54, 1.807) is 0 Å². The van der Waals surface area contributed by atoms with Crippen LogP contribution in [0.25, 0.3) is 5.52 Å². The van der Waals surface area contributed by atoms with Crippen molar-refractivity contribution in [1.29, 1.82) is 0 Å². The van der Waals surface area contributed by atoms with Crippen molar-refractivity contribution in [2.45, 2.75) is 25.2 Å². The van der Waals surface area contributed by atoms with Crippen LogP contribution >= 0.6 is 0 Å². The lowest BCUT2D eigenvalue weighted by atomic mass is 10.1. The van der Waals surface area contributed by atoms with Gasteiger partial charge in [-0.15, -0.1) is 0 Å². The van der Waals surface area contributed by atoms with Crippen LogP contribution in [0.3, 0.4) is 0 Å². The number of alkyl halides is 3. The fourth-order valence-corrected chi connectivity index (χ4v) is 1.63. The number of aliphatic hydroxyl groups excluding tert-OH is 1. The van der Waals surface area contributed by atoms with Gasteiger partial charge in [-0.05, 0) is 6.92 Å². The topological polar surface area (TPSA) is 76.4 Å². The molecule has 2 unspecified atom stereocenters. The summed E-state index contributed by atoms with van der Waals surface area (Å²) < 4.78 is 39.2. The number of rotatable bonds is 2. The highest BCUT2D eigenvalue weighted by Crippen LogP contribution is 2.32. The van der Waals surface area contributed by atoms with Crippen LogP contribution < -0.4 is 5.73 Å². The molecule has 0 bridgehead atoms. The van der Waals surface area contributed by atoms with Crippen molar-refractivity contribution in [2.24, 2.45) is 5.73 Å². The highest BCUT2D eigenvalue weighted by molar-refractivity contribution is 5.53. The van der Waals surface area contributed by atoms with Crippen LogP contribution in [0.1, 0.15) is 24.5 Å². The summed E-state index contributed by atoms with van der Waals surface area (Å²) in [6, 6.07) is -0.731. The van der Waals surface area contributed by atoms with Crippen molar-refractivity contribution in [3.8, 4) is 0 Å². The van der Waals surface area contributed by atoms with Gasteiger partial charge < -0.3 is 10.8 Å². The van der Waals surface area contributed by atoms with Crippen LogP contribution in [-0.2, 0) is 6.18 Å². The van der Waals surface area contributed by atoms with Crippen LogP contribution in [0.5, 0.6) is 0 Å². The van der Waals surface area contributed by atoms with Crippen molar-refractivity contribution >= 4 is 5.52 Å². The molecule has 0 spiro atoms. The molecule has 2 aromatic rings. The number of halogens is 3. The molecule has 2 heterocycles. The van der Waals surface area contributed by atoms with Gasteiger partial charge in [0.25, 0.3) is 0 Å². The van der Waals surface area contributed by atoms with Crippen LogP contribution in [-0.4, -0.2) is 25.5 Å². The predicted octanol–water partition coefficient (Wildman–Crippen LogP) is 1.13. The molecule has 0 fully saturated rings. The third-order valence-corrected chi connectivity index (χ3v) is 2.51. The molecule has 0 amide bonds. The number of imidazole rings is 1. The zero-order valence-electron chi connectivity index (χ0n) is 9.39. The van der Waals surface area contributed by atoms with Crippen LogP contribution in [0.15, 0.2) is 18.6 Å². The van der Waals surface area contributed by atoms with Gasteiger partial charge >= 0.3 is 6.18 Å². The molecule has 18 heavy (non-hydrogen) atoms. The second-order valence-corrected chi connectivity index (χ2v) is 3.95. The first kappa shape index (κ1) is 12.8. The Kier molecular flexibility index (Phi) is 2.99. The third-order valence-electron chi connectivity index (χ3n) is 2.51. The molecule has 8 heteroatoms. The average molecular weight is 260 g/mol. The molecule has 0 saturated carbocycles. The van der Waals surface area contributed by atoms with E-state index in [0.29, 0.717) is 0 Å². The highest BCUT2D eigenvalue weighted by atomic mass is 19.4. The first-order chi connectivity index (χ1) is 8.32. The standard InChI is InChI=1S/C10H11F3N4O/c1-5(14)8(18)7-6-4-15-2-3-17(6)9(16-7)10(11,12)13/h2-5,8,18H,14H2,1H3. The Morgan fingerprint density at radius 3 is 2.67 bits per heavy atom. The molecule has 0 aromatic carbocycles. The lowest BCUT2D eigenvalue weighted by Gasteiger charge is -2.11. The molecule has 3 N–H and O–H groups in total. The Balaban J connectivity index is 2.69. The van der Waals surface area contributed by atoms with Gasteiger partial charge in [0, 0.05) is 18.4 Å². The molecule has 0 aliphatic carbocycles. The number of hydrogen-bond donors (Lipinski definition) is 2. The molecule has 98 valence electrons. The van der Waals surface area contributed by atoms with Crippen molar-refractivity contribution in [2.75, 3.05) is 0 Å². The summed E-state index contributed by atoms with van der Waals surface area (Å²) in [5, 5.41) is 9.78. The number of aromatic nitrogens is 3. The van der Waals surface area contributed by atoms with E-state index in [1.165, 1.54) is 19.3 Å². The first-order valence-corrected chi connectivity index (χ1v) is 5.15. The normalized spacial score (nSPS) is 15.9. The number of hydrogen-bond acceptors (Lipinski definition) is 4. The Morgan fingerprint density at radius 1 is 1.44 bits per heavy atom. The van der Waals surface area contributed by atoms with Gasteiger partial charge in [0.05, 0.1) is 17.4 Å². The van der Waals surface area contributed by atoms with Gasteiger partial charge in [0.1, 0.15) is 6.10 Å². The van der Waals surface area contributed by atoms with Gasteiger partial charge in [-0.2, -0.15) is 13.2 Å². The van der Waals surface area contributed by atoms with E-state index >= 15 is 0 Å². The second kappa shape index (κ2) is 4.21. The monoisotopic (exact) mass is 260 g/mol. The lowest BCUT2D eigenvalue weighted by Crippen LogP contribution is -2.25.